The number of aryl methyl sites for hydroxylation is 1. The minimum Gasteiger partial charge on any atom is -0.508 e. The first-order valence-electron chi connectivity index (χ1n) is 13.7. The molecule has 0 saturated heterocycles. The summed E-state index contributed by atoms with van der Waals surface area (Å²) in [7, 11) is 2.58. The molecule has 0 radical (unpaired) electrons. The molecule has 0 saturated carbocycles. The lowest BCUT2D eigenvalue weighted by Crippen LogP contribution is -2.43. The quantitative estimate of drug-likeness (QED) is 0.181. The van der Waals surface area contributed by atoms with Crippen LogP contribution in [-0.2, 0) is 41.5 Å². The maximum absolute atomic E-state index is 12.9. The highest BCUT2D eigenvalue weighted by Gasteiger charge is 2.24. The Labute approximate surface area is 244 Å². The van der Waals surface area contributed by atoms with Gasteiger partial charge in [-0.15, -0.1) is 5.10 Å². The summed E-state index contributed by atoms with van der Waals surface area (Å²) in [6.45, 7) is 1.97. The Morgan fingerprint density at radius 2 is 1.69 bits per heavy atom. The molecule has 3 rings (SSSR count). The summed E-state index contributed by atoms with van der Waals surface area (Å²) in [5.74, 6) is -1.33. The van der Waals surface area contributed by atoms with Crippen molar-refractivity contribution in [3.63, 3.8) is 0 Å². The number of aromatic hydroxyl groups is 1. The van der Waals surface area contributed by atoms with Crippen molar-refractivity contribution in [2.24, 2.45) is 0 Å². The molecule has 0 bridgehead atoms. The lowest BCUT2D eigenvalue weighted by Gasteiger charge is -2.17. The highest BCUT2D eigenvalue weighted by Crippen LogP contribution is 2.25. The first-order valence-corrected chi connectivity index (χ1v) is 13.7. The second kappa shape index (κ2) is 15.9. The van der Waals surface area contributed by atoms with E-state index in [-0.39, 0.29) is 30.4 Å². The number of methoxy groups -OCH3 is 2. The van der Waals surface area contributed by atoms with Gasteiger partial charge >= 0.3 is 11.9 Å². The average Bonchev–Trinajstić information content (AvgIpc) is 3.47. The Hall–Kier alpha value is -4.74. The van der Waals surface area contributed by atoms with E-state index in [0.717, 1.165) is 16.7 Å². The Balaban J connectivity index is 1.66. The van der Waals surface area contributed by atoms with Gasteiger partial charge in [0.2, 0.25) is 11.8 Å². The number of amides is 2. The fourth-order valence-electron chi connectivity index (χ4n) is 4.48. The zero-order valence-corrected chi connectivity index (χ0v) is 24.0. The predicted octanol–water partition coefficient (Wildman–Crippen LogP) is 2.50. The van der Waals surface area contributed by atoms with Crippen LogP contribution in [0.4, 0.5) is 0 Å². The number of ether oxygens (including phenoxy) is 2. The van der Waals surface area contributed by atoms with Gasteiger partial charge in [-0.25, -0.2) is 14.3 Å². The summed E-state index contributed by atoms with van der Waals surface area (Å²) in [6.07, 6.45) is 4.19. The molecule has 0 aliphatic rings. The number of hydrogen-bond donors (Lipinski definition) is 3. The van der Waals surface area contributed by atoms with Gasteiger partial charge in [-0.3, -0.25) is 9.59 Å². The van der Waals surface area contributed by atoms with Crippen LogP contribution in [0, 0.1) is 0 Å². The number of aromatic nitrogens is 3. The molecule has 12 nitrogen and oxygen atoms in total. The third-order valence-electron chi connectivity index (χ3n) is 6.69. The first kappa shape index (κ1) is 31.8. The largest absolute Gasteiger partial charge is 0.508 e. The number of nitrogens with zero attached hydrogens (tertiary/aromatic N) is 3. The van der Waals surface area contributed by atoms with Gasteiger partial charge < -0.3 is 25.2 Å². The molecule has 42 heavy (non-hydrogen) atoms. The number of nitrogens with one attached hydrogen (secondary N) is 2. The van der Waals surface area contributed by atoms with Gasteiger partial charge in [0.15, 0.2) is 6.04 Å². The van der Waals surface area contributed by atoms with Crippen LogP contribution in [0.1, 0.15) is 49.8 Å². The summed E-state index contributed by atoms with van der Waals surface area (Å²) in [4.78, 5) is 48.8. The summed E-state index contributed by atoms with van der Waals surface area (Å²) in [5.41, 5.74) is 2.91. The van der Waals surface area contributed by atoms with Crippen LogP contribution >= 0.6 is 0 Å². The highest BCUT2D eigenvalue weighted by molar-refractivity contribution is 5.85. The van der Waals surface area contributed by atoms with Crippen LogP contribution in [-0.4, -0.2) is 70.7 Å². The maximum atomic E-state index is 12.9. The third kappa shape index (κ3) is 9.43. The molecule has 224 valence electrons. The number of unbranched alkanes of at least 4 members (excludes halogenated alkanes) is 1. The van der Waals surface area contributed by atoms with Gasteiger partial charge in [0.25, 0.3) is 0 Å². The van der Waals surface area contributed by atoms with Gasteiger partial charge in [0.05, 0.1) is 20.4 Å². The third-order valence-corrected chi connectivity index (χ3v) is 6.69. The molecular formula is C30H37N5O7. The summed E-state index contributed by atoms with van der Waals surface area (Å²) < 4.78 is 11.3. The van der Waals surface area contributed by atoms with Crippen LogP contribution in [0.15, 0.2) is 54.7 Å². The summed E-state index contributed by atoms with van der Waals surface area (Å²) in [5, 5.41) is 23.5. The minimum absolute atomic E-state index is 0.103. The van der Waals surface area contributed by atoms with Crippen molar-refractivity contribution in [1.82, 2.24) is 25.6 Å². The van der Waals surface area contributed by atoms with E-state index in [2.05, 4.69) is 20.9 Å². The lowest BCUT2D eigenvalue weighted by molar-refractivity contribution is -0.145. The van der Waals surface area contributed by atoms with Crippen molar-refractivity contribution >= 4 is 23.8 Å². The number of carbonyl (C=O) groups is 4. The fraction of sp³-hybridized carbons (Fsp3) is 0.400. The Bertz CT molecular complexity index is 1360. The molecule has 0 unspecified atom stereocenters. The predicted molar refractivity (Wildman–Crippen MR) is 153 cm³/mol. The SMILES string of the molecule is COC(=O)[C@H](Cc1ccc(O)cc1)NC(=O)CCc1ccccc1-c1cn([C@@H](CCCCNC(C)=O)C(=O)OC)nn1. The van der Waals surface area contributed by atoms with E-state index in [1.165, 1.54) is 38.0 Å². The lowest BCUT2D eigenvalue weighted by atomic mass is 10.00. The van der Waals surface area contributed by atoms with E-state index in [1.54, 1.807) is 18.3 Å². The van der Waals surface area contributed by atoms with Crippen molar-refractivity contribution in [3.05, 3.63) is 65.9 Å². The fourth-order valence-corrected chi connectivity index (χ4v) is 4.48. The van der Waals surface area contributed by atoms with Crippen LogP contribution in [0.5, 0.6) is 5.75 Å². The first-order chi connectivity index (χ1) is 20.2. The molecule has 2 amide bonds. The molecule has 1 aromatic heterocycles. The van der Waals surface area contributed by atoms with Crippen LogP contribution in [0.25, 0.3) is 11.3 Å². The van der Waals surface area contributed by atoms with E-state index in [1.807, 2.05) is 24.3 Å². The topological polar surface area (TPSA) is 162 Å². The number of hydrogen-bond acceptors (Lipinski definition) is 9. The molecule has 2 aromatic carbocycles. The maximum Gasteiger partial charge on any atom is 0.330 e. The van der Waals surface area contributed by atoms with E-state index in [9.17, 15) is 24.3 Å². The average molecular weight is 580 g/mol. The van der Waals surface area contributed by atoms with Gasteiger partial charge in [0.1, 0.15) is 17.5 Å². The molecule has 0 spiro atoms. The molecule has 0 aliphatic heterocycles. The number of phenols is 1. The molecule has 3 N–H and O–H groups in total. The van der Waals surface area contributed by atoms with Gasteiger partial charge in [-0.05, 0) is 48.9 Å². The number of rotatable bonds is 15. The molecule has 3 aromatic rings. The van der Waals surface area contributed by atoms with Crippen molar-refractivity contribution in [2.45, 2.75) is 57.5 Å². The zero-order chi connectivity index (χ0) is 30.5. The second-order valence-corrected chi connectivity index (χ2v) is 9.77. The highest BCUT2D eigenvalue weighted by atomic mass is 16.5. The van der Waals surface area contributed by atoms with Crippen molar-refractivity contribution in [1.29, 1.82) is 0 Å². The smallest absolute Gasteiger partial charge is 0.330 e. The zero-order valence-electron chi connectivity index (χ0n) is 24.0. The molecule has 0 aliphatic carbocycles. The molecular weight excluding hydrogens is 542 g/mol. The summed E-state index contributed by atoms with van der Waals surface area (Å²) >= 11 is 0. The van der Waals surface area contributed by atoms with Crippen molar-refractivity contribution < 1.29 is 33.8 Å². The molecule has 1 heterocycles. The Morgan fingerprint density at radius 3 is 2.38 bits per heavy atom. The van der Waals surface area contributed by atoms with E-state index in [4.69, 9.17) is 9.47 Å². The standard InChI is InChI=1S/C30H37N5O7/c1-20(36)31-17-7-6-10-27(30(40)42-3)35-19-26(33-34-35)24-9-5-4-8-22(24)13-16-28(38)32-25(29(39)41-2)18-21-11-14-23(37)15-12-21/h4-5,8-9,11-12,14-15,19,25,27,37H,6-7,10,13,16-18H2,1-3H3,(H,31,36)(H,32,38)/t25-,27-/m0/s1. The van der Waals surface area contributed by atoms with Crippen molar-refractivity contribution in [3.8, 4) is 17.0 Å². The van der Waals surface area contributed by atoms with E-state index < -0.39 is 24.0 Å². The van der Waals surface area contributed by atoms with E-state index in [0.29, 0.717) is 37.9 Å². The van der Waals surface area contributed by atoms with Gasteiger partial charge in [-0.2, -0.15) is 0 Å². The Kier molecular flexibility index (Phi) is 12.0. The molecule has 2 atom stereocenters. The van der Waals surface area contributed by atoms with Crippen LogP contribution < -0.4 is 10.6 Å². The second-order valence-electron chi connectivity index (χ2n) is 9.77. The minimum atomic E-state index is -0.879. The summed E-state index contributed by atoms with van der Waals surface area (Å²) in [6, 6.07) is 12.3. The Morgan fingerprint density at radius 1 is 0.976 bits per heavy atom. The van der Waals surface area contributed by atoms with Crippen molar-refractivity contribution in [2.75, 3.05) is 20.8 Å². The number of benzene rings is 2. The molecule has 0 fully saturated rings. The van der Waals surface area contributed by atoms with Gasteiger partial charge in [0, 0.05) is 31.9 Å². The normalized spacial score (nSPS) is 12.2. The number of carbonyl (C=O) groups excluding carboxylic acids is 4. The van der Waals surface area contributed by atoms with Gasteiger partial charge in [-0.1, -0.05) is 41.6 Å². The van der Waals surface area contributed by atoms with Crippen LogP contribution in [0.2, 0.25) is 0 Å². The number of esters is 2. The van der Waals surface area contributed by atoms with E-state index >= 15 is 0 Å². The molecule has 12 heteroatoms. The number of phenolic OH excluding ortho intramolecular Hbond substituents is 1. The van der Waals surface area contributed by atoms with Crippen LogP contribution in [0.3, 0.4) is 0 Å². The monoisotopic (exact) mass is 579 g/mol.